The molecule has 0 bridgehead atoms. The minimum Gasteiger partial charge on any atom is -0.497 e. The summed E-state index contributed by atoms with van der Waals surface area (Å²) in [7, 11) is -2.27. The summed E-state index contributed by atoms with van der Waals surface area (Å²) in [6.45, 7) is 1.11. The fourth-order valence-electron chi connectivity index (χ4n) is 4.97. The molecule has 0 unspecified atom stereocenters. The van der Waals surface area contributed by atoms with Crippen LogP contribution in [0.2, 0.25) is 0 Å². The van der Waals surface area contributed by atoms with Crippen LogP contribution < -0.4 is 10.1 Å². The van der Waals surface area contributed by atoms with E-state index >= 15 is 0 Å². The van der Waals surface area contributed by atoms with E-state index in [-0.39, 0.29) is 35.5 Å². The van der Waals surface area contributed by atoms with Crippen LogP contribution in [0.3, 0.4) is 0 Å². The van der Waals surface area contributed by atoms with Crippen molar-refractivity contribution in [1.29, 1.82) is 0 Å². The molecule has 8 nitrogen and oxygen atoms in total. The van der Waals surface area contributed by atoms with Crippen LogP contribution in [-0.2, 0) is 19.6 Å². The van der Waals surface area contributed by atoms with E-state index in [1.165, 1.54) is 40.6 Å². The van der Waals surface area contributed by atoms with Crippen molar-refractivity contribution in [2.45, 2.75) is 36.4 Å². The molecule has 0 aromatic heterocycles. The lowest BCUT2D eigenvalue weighted by atomic mass is 9.78. The maximum atomic E-state index is 13.3. The molecular formula is C25H28F3N3O5S. The van der Waals surface area contributed by atoms with Gasteiger partial charge < -0.3 is 15.0 Å². The van der Waals surface area contributed by atoms with Gasteiger partial charge in [-0.25, -0.2) is 8.42 Å². The zero-order valence-electron chi connectivity index (χ0n) is 20.2. The summed E-state index contributed by atoms with van der Waals surface area (Å²) >= 11 is 0. The van der Waals surface area contributed by atoms with Crippen LogP contribution in [0.15, 0.2) is 59.5 Å². The lowest BCUT2D eigenvalue weighted by molar-refractivity contribution is -0.175. The van der Waals surface area contributed by atoms with Crippen LogP contribution in [0.25, 0.3) is 0 Å². The van der Waals surface area contributed by atoms with Crippen molar-refractivity contribution in [3.05, 3.63) is 60.2 Å². The molecule has 1 spiro atoms. The number of piperidine rings is 1. The molecule has 2 fully saturated rings. The number of benzene rings is 2. The van der Waals surface area contributed by atoms with Crippen molar-refractivity contribution in [3.63, 3.8) is 0 Å². The molecule has 0 radical (unpaired) electrons. The van der Waals surface area contributed by atoms with Crippen LogP contribution in [0, 0.1) is 5.41 Å². The molecule has 37 heavy (non-hydrogen) atoms. The van der Waals surface area contributed by atoms with Gasteiger partial charge in [-0.05, 0) is 42.4 Å². The Morgan fingerprint density at radius 2 is 1.65 bits per heavy atom. The van der Waals surface area contributed by atoms with Gasteiger partial charge in [-0.2, -0.15) is 17.5 Å². The third-order valence-electron chi connectivity index (χ3n) is 7.12. The molecule has 2 aliphatic heterocycles. The standard InChI is InChI=1S/C25H28F3N3O5S/c1-36-19-8-5-9-20(16-19)37(34,35)31-14-11-24(12-15-31)10-13-30(17-24)22(32)21(18-6-3-2-4-7-18)29-23(33)25(26,27)28/h2-9,16,21H,10-15,17H2,1H3,(H,29,33)/t21-/m0/s1. The molecule has 2 heterocycles. The van der Waals surface area contributed by atoms with Crippen LogP contribution in [0.1, 0.15) is 30.9 Å². The third-order valence-corrected chi connectivity index (χ3v) is 9.02. The predicted molar refractivity (Wildman–Crippen MR) is 128 cm³/mol. The normalized spacial score (nSPS) is 19.0. The second-order valence-electron chi connectivity index (χ2n) is 9.41. The highest BCUT2D eigenvalue weighted by atomic mass is 32.2. The number of hydrogen-bond donors (Lipinski definition) is 1. The van der Waals surface area contributed by atoms with Crippen LogP contribution >= 0.6 is 0 Å². The van der Waals surface area contributed by atoms with Crippen molar-refractivity contribution in [2.75, 3.05) is 33.3 Å². The summed E-state index contributed by atoms with van der Waals surface area (Å²) in [4.78, 5) is 26.6. The number of hydrogen-bond acceptors (Lipinski definition) is 5. The van der Waals surface area contributed by atoms with Crippen molar-refractivity contribution in [3.8, 4) is 5.75 Å². The van der Waals surface area contributed by atoms with Gasteiger partial charge in [0, 0.05) is 32.2 Å². The first-order chi connectivity index (χ1) is 17.4. The number of alkyl halides is 3. The van der Waals surface area contributed by atoms with Gasteiger partial charge in [-0.1, -0.05) is 36.4 Å². The first-order valence-electron chi connectivity index (χ1n) is 11.8. The zero-order chi connectivity index (χ0) is 26.8. The predicted octanol–water partition coefficient (Wildman–Crippen LogP) is 3.12. The molecule has 4 rings (SSSR count). The number of rotatable bonds is 6. The molecule has 2 aromatic carbocycles. The van der Waals surface area contributed by atoms with Crippen molar-refractivity contribution in [1.82, 2.24) is 14.5 Å². The lowest BCUT2D eigenvalue weighted by Gasteiger charge is -2.38. The van der Waals surface area contributed by atoms with Gasteiger partial charge in [-0.3, -0.25) is 9.59 Å². The SMILES string of the molecule is COc1cccc(S(=O)(=O)N2CCC3(CCN(C(=O)[C@@H](NC(=O)C(F)(F)F)c4ccccc4)C3)CC2)c1. The molecule has 0 saturated carbocycles. The van der Waals surface area contributed by atoms with Gasteiger partial charge >= 0.3 is 12.1 Å². The summed E-state index contributed by atoms with van der Waals surface area (Å²) in [5, 5.41) is 1.84. The van der Waals surface area contributed by atoms with E-state index in [4.69, 9.17) is 4.74 Å². The van der Waals surface area contributed by atoms with Crippen molar-refractivity contribution >= 4 is 21.8 Å². The topological polar surface area (TPSA) is 96.0 Å². The number of methoxy groups -OCH3 is 1. The minimum absolute atomic E-state index is 0.136. The lowest BCUT2D eigenvalue weighted by Crippen LogP contribution is -2.48. The Labute approximate surface area is 213 Å². The maximum absolute atomic E-state index is 13.3. The van der Waals surface area contributed by atoms with Crippen LogP contribution in [-0.4, -0.2) is 68.9 Å². The average Bonchev–Trinajstić information content (AvgIpc) is 3.30. The Kier molecular flexibility index (Phi) is 7.52. The highest BCUT2D eigenvalue weighted by Gasteiger charge is 2.47. The fraction of sp³-hybridized carbons (Fsp3) is 0.440. The van der Waals surface area contributed by atoms with Crippen LogP contribution in [0.5, 0.6) is 5.75 Å². The minimum atomic E-state index is -5.12. The summed E-state index contributed by atoms with van der Waals surface area (Å²) in [6.07, 6.45) is -3.52. The molecule has 2 aromatic rings. The van der Waals surface area contributed by atoms with Gasteiger partial charge in [0.1, 0.15) is 11.8 Å². The Bertz CT molecular complexity index is 1250. The van der Waals surface area contributed by atoms with E-state index < -0.39 is 34.1 Å². The maximum Gasteiger partial charge on any atom is 0.471 e. The van der Waals surface area contributed by atoms with Crippen molar-refractivity contribution < 1.29 is 35.9 Å². The Hall–Kier alpha value is -3.12. The van der Waals surface area contributed by atoms with Crippen LogP contribution in [0.4, 0.5) is 13.2 Å². The highest BCUT2D eigenvalue weighted by Crippen LogP contribution is 2.42. The first kappa shape index (κ1) is 26.9. The molecule has 1 N–H and O–H groups in total. The molecular weight excluding hydrogens is 511 g/mol. The fourth-order valence-corrected chi connectivity index (χ4v) is 6.45. The number of amides is 2. The number of sulfonamides is 1. The molecule has 0 aliphatic carbocycles. The Balaban J connectivity index is 1.45. The van der Waals surface area contributed by atoms with Gasteiger partial charge in [0.2, 0.25) is 15.9 Å². The van der Waals surface area contributed by atoms with Crippen molar-refractivity contribution in [2.24, 2.45) is 5.41 Å². The number of nitrogens with one attached hydrogen (secondary N) is 1. The molecule has 2 aliphatic rings. The second-order valence-corrected chi connectivity index (χ2v) is 11.3. The average molecular weight is 540 g/mol. The second kappa shape index (κ2) is 10.3. The molecule has 2 amide bonds. The smallest absolute Gasteiger partial charge is 0.471 e. The number of ether oxygens (including phenoxy) is 1. The van der Waals surface area contributed by atoms with E-state index in [0.717, 1.165) is 0 Å². The molecule has 2 saturated heterocycles. The summed E-state index contributed by atoms with van der Waals surface area (Å²) in [6, 6.07) is 12.6. The van der Waals surface area contributed by atoms with Gasteiger partial charge in [0.25, 0.3) is 0 Å². The van der Waals surface area contributed by atoms with E-state index in [2.05, 4.69) is 0 Å². The van der Waals surface area contributed by atoms with E-state index in [1.807, 2.05) is 5.32 Å². The Morgan fingerprint density at radius 3 is 2.27 bits per heavy atom. The van der Waals surface area contributed by atoms with E-state index in [0.29, 0.717) is 31.6 Å². The number of halogens is 3. The highest BCUT2D eigenvalue weighted by molar-refractivity contribution is 7.89. The first-order valence-corrected chi connectivity index (χ1v) is 13.2. The summed E-state index contributed by atoms with van der Waals surface area (Å²) in [5.74, 6) is -2.36. The monoisotopic (exact) mass is 539 g/mol. The zero-order valence-corrected chi connectivity index (χ0v) is 21.0. The van der Waals surface area contributed by atoms with Gasteiger partial charge in [-0.15, -0.1) is 0 Å². The van der Waals surface area contributed by atoms with Gasteiger partial charge in [0.05, 0.1) is 12.0 Å². The summed E-state index contributed by atoms with van der Waals surface area (Å²) < 4.78 is 71.7. The van der Waals surface area contributed by atoms with E-state index in [1.54, 1.807) is 30.3 Å². The molecule has 12 heteroatoms. The number of carbonyl (C=O) groups is 2. The molecule has 200 valence electrons. The van der Waals surface area contributed by atoms with Gasteiger partial charge in [0.15, 0.2) is 0 Å². The molecule has 1 atom stereocenters. The number of likely N-dealkylation sites (tertiary alicyclic amines) is 1. The largest absolute Gasteiger partial charge is 0.497 e. The third kappa shape index (κ3) is 5.74. The van der Waals surface area contributed by atoms with E-state index in [9.17, 15) is 31.2 Å². The number of carbonyl (C=O) groups excluding carboxylic acids is 2. The quantitative estimate of drug-likeness (QED) is 0.609. The Morgan fingerprint density at radius 1 is 1.00 bits per heavy atom. The number of nitrogens with zero attached hydrogens (tertiary/aromatic N) is 2. The summed E-state index contributed by atoms with van der Waals surface area (Å²) in [5.41, 5.74) is -0.0871.